The molecule has 0 radical (unpaired) electrons. The molecule has 1 atom stereocenters. The molecular formula is C19H23NO3S. The molecule has 1 aromatic carbocycles. The topological polar surface area (TPSA) is 58.6 Å². The maximum Gasteiger partial charge on any atom is 0.230 e. The van der Waals surface area contributed by atoms with E-state index in [0.29, 0.717) is 26.1 Å². The maximum absolute atomic E-state index is 13.0. The number of thiophene rings is 1. The number of hydrogen-bond donors (Lipinski definition) is 2. The third-order valence-electron chi connectivity index (χ3n) is 4.77. The lowest BCUT2D eigenvalue weighted by molar-refractivity contribution is -0.131. The highest BCUT2D eigenvalue weighted by Crippen LogP contribution is 2.35. The lowest BCUT2D eigenvalue weighted by atomic mass is 9.73. The van der Waals surface area contributed by atoms with E-state index in [1.54, 1.807) is 0 Å². The highest BCUT2D eigenvalue weighted by molar-refractivity contribution is 7.07. The van der Waals surface area contributed by atoms with E-state index in [0.717, 1.165) is 11.1 Å². The quantitative estimate of drug-likeness (QED) is 0.876. The molecule has 1 fully saturated rings. The van der Waals surface area contributed by atoms with Gasteiger partial charge in [-0.1, -0.05) is 29.8 Å². The number of amides is 1. The van der Waals surface area contributed by atoms with Gasteiger partial charge >= 0.3 is 0 Å². The molecule has 1 unspecified atom stereocenters. The first kappa shape index (κ1) is 17.1. The summed E-state index contributed by atoms with van der Waals surface area (Å²) in [4.78, 5) is 13.0. The molecule has 2 aromatic rings. The van der Waals surface area contributed by atoms with Gasteiger partial charge in [0, 0.05) is 19.8 Å². The van der Waals surface area contributed by atoms with E-state index in [1.807, 2.05) is 48.0 Å². The average molecular weight is 345 g/mol. The van der Waals surface area contributed by atoms with Gasteiger partial charge in [0.1, 0.15) is 0 Å². The maximum atomic E-state index is 13.0. The van der Waals surface area contributed by atoms with E-state index in [2.05, 4.69) is 5.32 Å². The largest absolute Gasteiger partial charge is 0.387 e. The number of nitrogens with one attached hydrogen (secondary N) is 1. The predicted molar refractivity (Wildman–Crippen MR) is 95.2 cm³/mol. The van der Waals surface area contributed by atoms with E-state index in [1.165, 1.54) is 16.9 Å². The zero-order valence-corrected chi connectivity index (χ0v) is 14.6. The van der Waals surface area contributed by atoms with Crippen molar-refractivity contribution >= 4 is 17.2 Å². The van der Waals surface area contributed by atoms with Crippen LogP contribution < -0.4 is 5.32 Å². The number of rotatable bonds is 5. The summed E-state index contributed by atoms with van der Waals surface area (Å²) in [7, 11) is 0. The van der Waals surface area contributed by atoms with Crippen LogP contribution in [0.1, 0.15) is 35.6 Å². The lowest BCUT2D eigenvalue weighted by Crippen LogP contribution is -2.48. The number of hydrogen-bond acceptors (Lipinski definition) is 4. The molecule has 1 aromatic heterocycles. The van der Waals surface area contributed by atoms with Crippen molar-refractivity contribution in [3.63, 3.8) is 0 Å². The van der Waals surface area contributed by atoms with Crippen molar-refractivity contribution in [2.45, 2.75) is 31.3 Å². The first-order chi connectivity index (χ1) is 11.6. The Labute approximate surface area is 146 Å². The third-order valence-corrected chi connectivity index (χ3v) is 5.47. The standard InChI is InChI=1S/C19H23NO3S/c1-14-2-4-16(5-3-14)19(7-9-23-10-8-19)18(22)20-12-17(21)15-6-11-24-13-15/h2-6,11,13,17,21H,7-10,12H2,1H3,(H,20,22). The van der Waals surface area contributed by atoms with Crippen molar-refractivity contribution in [2.75, 3.05) is 19.8 Å². The molecule has 1 aliphatic heterocycles. The molecule has 128 valence electrons. The Kier molecular flexibility index (Phi) is 5.33. The summed E-state index contributed by atoms with van der Waals surface area (Å²) < 4.78 is 5.48. The second-order valence-corrected chi connectivity index (χ2v) is 7.12. The fraction of sp³-hybridized carbons (Fsp3) is 0.421. The van der Waals surface area contributed by atoms with Crippen molar-refractivity contribution in [2.24, 2.45) is 0 Å². The van der Waals surface area contributed by atoms with Crippen LogP contribution in [0.2, 0.25) is 0 Å². The summed E-state index contributed by atoms with van der Waals surface area (Å²) in [5, 5.41) is 17.0. The van der Waals surface area contributed by atoms with Gasteiger partial charge < -0.3 is 15.2 Å². The number of aliphatic hydroxyl groups excluding tert-OH is 1. The Morgan fingerprint density at radius 3 is 2.62 bits per heavy atom. The van der Waals surface area contributed by atoms with Gasteiger partial charge in [0.15, 0.2) is 0 Å². The number of aliphatic hydroxyl groups is 1. The highest BCUT2D eigenvalue weighted by Gasteiger charge is 2.41. The van der Waals surface area contributed by atoms with Gasteiger partial charge in [-0.25, -0.2) is 0 Å². The minimum Gasteiger partial charge on any atom is -0.387 e. The monoisotopic (exact) mass is 345 g/mol. The average Bonchev–Trinajstić information content (AvgIpc) is 3.15. The Bertz CT molecular complexity index is 660. The summed E-state index contributed by atoms with van der Waals surface area (Å²) in [6.45, 7) is 3.42. The van der Waals surface area contributed by atoms with Gasteiger partial charge in [0.25, 0.3) is 0 Å². The molecule has 1 amide bonds. The second kappa shape index (κ2) is 7.47. The van der Waals surface area contributed by atoms with Gasteiger partial charge in [-0.05, 0) is 47.7 Å². The van der Waals surface area contributed by atoms with Crippen molar-refractivity contribution in [1.82, 2.24) is 5.32 Å². The van der Waals surface area contributed by atoms with Gasteiger partial charge in [-0.3, -0.25) is 4.79 Å². The Morgan fingerprint density at radius 2 is 2.00 bits per heavy atom. The first-order valence-electron chi connectivity index (χ1n) is 8.25. The number of ether oxygens (including phenoxy) is 1. The Hall–Kier alpha value is -1.69. The lowest BCUT2D eigenvalue weighted by Gasteiger charge is -2.36. The molecule has 2 N–H and O–H groups in total. The SMILES string of the molecule is Cc1ccc(C2(C(=O)NCC(O)c3ccsc3)CCOCC2)cc1. The fourth-order valence-electron chi connectivity index (χ4n) is 3.18. The molecule has 0 bridgehead atoms. The van der Waals surface area contributed by atoms with E-state index < -0.39 is 11.5 Å². The van der Waals surface area contributed by atoms with Crippen LogP contribution in [-0.4, -0.2) is 30.8 Å². The van der Waals surface area contributed by atoms with E-state index in [-0.39, 0.29) is 12.5 Å². The molecule has 5 heteroatoms. The van der Waals surface area contributed by atoms with Gasteiger partial charge in [-0.15, -0.1) is 0 Å². The number of carbonyl (C=O) groups is 1. The number of carbonyl (C=O) groups excluding carboxylic acids is 1. The first-order valence-corrected chi connectivity index (χ1v) is 9.19. The summed E-state index contributed by atoms with van der Waals surface area (Å²) in [5.41, 5.74) is 2.48. The summed E-state index contributed by atoms with van der Waals surface area (Å²) >= 11 is 1.54. The van der Waals surface area contributed by atoms with Crippen molar-refractivity contribution < 1.29 is 14.6 Å². The van der Waals surface area contributed by atoms with Crippen molar-refractivity contribution in [3.05, 3.63) is 57.8 Å². The van der Waals surface area contributed by atoms with Gasteiger partial charge in [-0.2, -0.15) is 11.3 Å². The summed E-state index contributed by atoms with van der Waals surface area (Å²) in [6.07, 6.45) is 0.655. The molecule has 1 aliphatic rings. The molecule has 1 saturated heterocycles. The highest BCUT2D eigenvalue weighted by atomic mass is 32.1. The van der Waals surface area contributed by atoms with E-state index >= 15 is 0 Å². The number of benzene rings is 1. The van der Waals surface area contributed by atoms with Gasteiger partial charge in [0.2, 0.25) is 5.91 Å². The molecule has 0 saturated carbocycles. The van der Waals surface area contributed by atoms with Crippen molar-refractivity contribution in [1.29, 1.82) is 0 Å². The molecule has 24 heavy (non-hydrogen) atoms. The summed E-state index contributed by atoms with van der Waals surface area (Å²) in [6, 6.07) is 10.0. The molecular weight excluding hydrogens is 322 g/mol. The molecule has 3 rings (SSSR count). The van der Waals surface area contributed by atoms with Gasteiger partial charge in [0.05, 0.1) is 11.5 Å². The van der Waals surface area contributed by atoms with Crippen LogP contribution in [0, 0.1) is 6.92 Å². The van der Waals surface area contributed by atoms with Crippen LogP contribution in [0.25, 0.3) is 0 Å². The van der Waals surface area contributed by atoms with Crippen molar-refractivity contribution in [3.8, 4) is 0 Å². The number of aryl methyl sites for hydroxylation is 1. The molecule has 2 heterocycles. The van der Waals surface area contributed by atoms with Crippen LogP contribution in [0.4, 0.5) is 0 Å². The predicted octanol–water partition coefficient (Wildman–Crippen LogP) is 2.95. The van der Waals surface area contributed by atoms with Crippen LogP contribution in [0.15, 0.2) is 41.1 Å². The Balaban J connectivity index is 1.75. The van der Waals surface area contributed by atoms with E-state index in [4.69, 9.17) is 4.74 Å². The fourth-order valence-corrected chi connectivity index (χ4v) is 3.89. The molecule has 0 aliphatic carbocycles. The normalized spacial score (nSPS) is 18.1. The minimum atomic E-state index is -0.671. The van der Waals surface area contributed by atoms with E-state index in [9.17, 15) is 9.90 Å². The zero-order chi connectivity index (χ0) is 17.0. The van der Waals surface area contributed by atoms with Crippen LogP contribution in [-0.2, 0) is 14.9 Å². The minimum absolute atomic E-state index is 0.0241. The Morgan fingerprint density at radius 1 is 1.29 bits per heavy atom. The molecule has 0 spiro atoms. The van der Waals surface area contributed by atoms with Crippen LogP contribution in [0.5, 0.6) is 0 Å². The summed E-state index contributed by atoms with van der Waals surface area (Å²) in [5.74, 6) is -0.0241. The second-order valence-electron chi connectivity index (χ2n) is 6.34. The zero-order valence-electron chi connectivity index (χ0n) is 13.8. The molecule has 4 nitrogen and oxygen atoms in total. The third kappa shape index (κ3) is 3.53. The van der Waals surface area contributed by atoms with Crippen LogP contribution >= 0.6 is 11.3 Å². The van der Waals surface area contributed by atoms with Crippen LogP contribution in [0.3, 0.4) is 0 Å². The smallest absolute Gasteiger partial charge is 0.230 e.